The van der Waals surface area contributed by atoms with Gasteiger partial charge in [-0.25, -0.2) is 0 Å². The second-order valence-corrected chi connectivity index (χ2v) is 8.19. The van der Waals surface area contributed by atoms with E-state index in [-0.39, 0.29) is 5.54 Å². The fourth-order valence-corrected chi connectivity index (χ4v) is 4.39. The minimum Gasteiger partial charge on any atom is -0.343 e. The molecular weight excluding hydrogens is 324 g/mol. The van der Waals surface area contributed by atoms with Crippen LogP contribution in [0.25, 0.3) is 0 Å². The van der Waals surface area contributed by atoms with Gasteiger partial charge in [-0.3, -0.25) is 14.6 Å². The molecule has 1 aromatic carbocycles. The van der Waals surface area contributed by atoms with Crippen LogP contribution in [-0.4, -0.2) is 65.9 Å². The molecule has 2 saturated heterocycles. The monoisotopic (exact) mass is 354 g/mol. The summed E-state index contributed by atoms with van der Waals surface area (Å²) >= 11 is 0. The highest BCUT2D eigenvalue weighted by molar-refractivity contribution is 5.87. The summed E-state index contributed by atoms with van der Waals surface area (Å²) in [6.45, 7) is 9.95. The first kappa shape index (κ1) is 18.9. The van der Waals surface area contributed by atoms with Gasteiger partial charge in [0.25, 0.3) is 0 Å². The second-order valence-electron chi connectivity index (χ2n) is 8.19. The predicted octanol–water partition coefficient (Wildman–Crippen LogP) is 2.32. The zero-order valence-electron chi connectivity index (χ0n) is 16.2. The summed E-state index contributed by atoms with van der Waals surface area (Å²) in [6.07, 6.45) is 1.78. The maximum absolute atomic E-state index is 13.1. The van der Waals surface area contributed by atoms with Crippen molar-refractivity contribution in [2.24, 2.45) is 5.92 Å². The molecule has 1 spiro atoms. The van der Waals surface area contributed by atoms with Gasteiger partial charge in [0, 0.05) is 46.3 Å². The summed E-state index contributed by atoms with van der Waals surface area (Å²) in [7, 11) is 1.94. The molecule has 0 unspecified atom stereocenters. The molecule has 2 aliphatic rings. The third-order valence-electron chi connectivity index (χ3n) is 5.79. The summed E-state index contributed by atoms with van der Waals surface area (Å²) < 4.78 is 0. The number of rotatable bonds is 4. The van der Waals surface area contributed by atoms with E-state index in [9.17, 15) is 4.79 Å². The van der Waals surface area contributed by atoms with Gasteiger partial charge >= 0.3 is 0 Å². The smallest absolute Gasteiger partial charge is 0.242 e. The summed E-state index contributed by atoms with van der Waals surface area (Å²) in [5, 5.41) is 9.08. The molecule has 140 valence electrons. The molecule has 2 fully saturated rings. The standard InChI is InChI=1S/C21H30N4O/c1-17(2)15-25-12-11-23(3)20(26)21(25)7-9-24(10-8-21)16-19-6-4-5-18(13-19)14-22/h4-6,13,17H,7-12,15-16H2,1-3H3. The fourth-order valence-electron chi connectivity index (χ4n) is 4.39. The van der Waals surface area contributed by atoms with E-state index in [4.69, 9.17) is 5.26 Å². The van der Waals surface area contributed by atoms with Gasteiger partial charge in [-0.05, 0) is 36.5 Å². The SMILES string of the molecule is CC(C)CN1CCN(C)C(=O)C12CCN(Cc1cccc(C#N)c1)CC2. The van der Waals surface area contributed by atoms with Gasteiger partial charge < -0.3 is 4.90 Å². The molecule has 0 saturated carbocycles. The number of carbonyl (C=O) groups is 1. The van der Waals surface area contributed by atoms with E-state index >= 15 is 0 Å². The van der Waals surface area contributed by atoms with E-state index in [1.807, 2.05) is 30.1 Å². The molecular formula is C21H30N4O. The van der Waals surface area contributed by atoms with Gasteiger partial charge in [0.15, 0.2) is 0 Å². The third kappa shape index (κ3) is 3.77. The average Bonchev–Trinajstić information content (AvgIpc) is 2.64. The molecule has 2 aliphatic heterocycles. The number of piperazine rings is 1. The number of carbonyl (C=O) groups excluding carboxylic acids is 1. The number of hydrogen-bond donors (Lipinski definition) is 0. The van der Waals surface area contributed by atoms with Crippen LogP contribution in [0.2, 0.25) is 0 Å². The van der Waals surface area contributed by atoms with Crippen LogP contribution in [0.1, 0.15) is 37.8 Å². The summed E-state index contributed by atoms with van der Waals surface area (Å²) in [5.74, 6) is 0.866. The first-order valence-corrected chi connectivity index (χ1v) is 9.66. The molecule has 5 nitrogen and oxygen atoms in total. The Morgan fingerprint density at radius 2 is 1.92 bits per heavy atom. The van der Waals surface area contributed by atoms with Crippen LogP contribution in [-0.2, 0) is 11.3 Å². The quantitative estimate of drug-likeness (QED) is 0.833. The zero-order chi connectivity index (χ0) is 18.7. The van der Waals surface area contributed by atoms with Crippen LogP contribution in [0.5, 0.6) is 0 Å². The minimum atomic E-state index is -0.317. The van der Waals surface area contributed by atoms with E-state index in [2.05, 4.69) is 35.8 Å². The Balaban J connectivity index is 1.69. The van der Waals surface area contributed by atoms with Gasteiger partial charge in [0.1, 0.15) is 5.54 Å². The lowest BCUT2D eigenvalue weighted by Crippen LogP contribution is -2.68. The minimum absolute atomic E-state index is 0.301. The van der Waals surface area contributed by atoms with E-state index in [0.29, 0.717) is 17.4 Å². The Labute approximate surface area is 157 Å². The number of nitrogens with zero attached hydrogens (tertiary/aromatic N) is 4. The van der Waals surface area contributed by atoms with Gasteiger partial charge in [0.05, 0.1) is 11.6 Å². The van der Waals surface area contributed by atoms with Crippen LogP contribution in [0, 0.1) is 17.2 Å². The highest BCUT2D eigenvalue weighted by atomic mass is 16.2. The molecule has 0 atom stereocenters. The zero-order valence-corrected chi connectivity index (χ0v) is 16.2. The lowest BCUT2D eigenvalue weighted by atomic mass is 9.82. The number of piperidine rings is 1. The second kappa shape index (κ2) is 7.77. The van der Waals surface area contributed by atoms with Gasteiger partial charge in [-0.15, -0.1) is 0 Å². The van der Waals surface area contributed by atoms with E-state index in [1.165, 1.54) is 5.56 Å². The number of likely N-dealkylation sites (tertiary alicyclic amines) is 1. The Bertz CT molecular complexity index is 685. The lowest BCUT2D eigenvalue weighted by molar-refractivity contribution is -0.155. The van der Waals surface area contributed by atoms with Crippen LogP contribution in [0.4, 0.5) is 0 Å². The van der Waals surface area contributed by atoms with Gasteiger partial charge in [-0.1, -0.05) is 26.0 Å². The summed E-state index contributed by atoms with van der Waals surface area (Å²) in [6, 6.07) is 10.0. The van der Waals surface area contributed by atoms with Crippen LogP contribution >= 0.6 is 0 Å². The molecule has 0 aliphatic carbocycles. The van der Waals surface area contributed by atoms with Crippen molar-refractivity contribution in [2.45, 2.75) is 38.8 Å². The number of likely N-dealkylation sites (N-methyl/N-ethyl adjacent to an activating group) is 1. The van der Waals surface area contributed by atoms with E-state index in [1.54, 1.807) is 0 Å². The molecule has 1 amide bonds. The summed E-state index contributed by atoms with van der Waals surface area (Å²) in [5.41, 5.74) is 1.57. The Kier molecular flexibility index (Phi) is 5.64. The molecule has 0 bridgehead atoms. The highest BCUT2D eigenvalue weighted by Crippen LogP contribution is 2.34. The molecule has 2 heterocycles. The largest absolute Gasteiger partial charge is 0.343 e. The topological polar surface area (TPSA) is 50.6 Å². The van der Waals surface area contributed by atoms with Crippen LogP contribution in [0.3, 0.4) is 0 Å². The first-order chi connectivity index (χ1) is 12.4. The number of hydrogen-bond acceptors (Lipinski definition) is 4. The molecule has 1 aromatic rings. The maximum atomic E-state index is 13.1. The summed E-state index contributed by atoms with van der Waals surface area (Å²) in [4.78, 5) is 19.9. The fraction of sp³-hybridized carbons (Fsp3) is 0.619. The molecule has 0 radical (unpaired) electrons. The normalized spacial score (nSPS) is 21.3. The van der Waals surface area contributed by atoms with E-state index in [0.717, 1.165) is 52.1 Å². The van der Waals surface area contributed by atoms with Crippen molar-refractivity contribution in [1.82, 2.24) is 14.7 Å². The van der Waals surface area contributed by atoms with Crippen molar-refractivity contribution in [3.05, 3.63) is 35.4 Å². The van der Waals surface area contributed by atoms with Crippen LogP contribution in [0.15, 0.2) is 24.3 Å². The lowest BCUT2D eigenvalue weighted by Gasteiger charge is -2.52. The molecule has 26 heavy (non-hydrogen) atoms. The number of amides is 1. The Morgan fingerprint density at radius 3 is 2.58 bits per heavy atom. The van der Waals surface area contributed by atoms with E-state index < -0.39 is 0 Å². The first-order valence-electron chi connectivity index (χ1n) is 9.66. The van der Waals surface area contributed by atoms with Crippen molar-refractivity contribution in [1.29, 1.82) is 5.26 Å². The number of benzene rings is 1. The van der Waals surface area contributed by atoms with Crippen LogP contribution < -0.4 is 0 Å². The third-order valence-corrected chi connectivity index (χ3v) is 5.79. The van der Waals surface area contributed by atoms with Crippen molar-refractivity contribution < 1.29 is 4.79 Å². The average molecular weight is 354 g/mol. The molecule has 0 aromatic heterocycles. The van der Waals surface area contributed by atoms with Crippen molar-refractivity contribution >= 4 is 5.91 Å². The number of nitriles is 1. The van der Waals surface area contributed by atoms with Crippen molar-refractivity contribution in [3.63, 3.8) is 0 Å². The molecule has 3 rings (SSSR count). The molecule has 5 heteroatoms. The predicted molar refractivity (Wildman–Crippen MR) is 102 cm³/mol. The Morgan fingerprint density at radius 1 is 1.19 bits per heavy atom. The Hall–Kier alpha value is -1.90. The maximum Gasteiger partial charge on any atom is 0.242 e. The molecule has 0 N–H and O–H groups in total. The van der Waals surface area contributed by atoms with Gasteiger partial charge in [0.2, 0.25) is 5.91 Å². The van der Waals surface area contributed by atoms with Crippen molar-refractivity contribution in [2.75, 3.05) is 39.8 Å². The van der Waals surface area contributed by atoms with Crippen molar-refractivity contribution in [3.8, 4) is 6.07 Å². The van der Waals surface area contributed by atoms with Gasteiger partial charge in [-0.2, -0.15) is 5.26 Å². The highest BCUT2D eigenvalue weighted by Gasteiger charge is 2.49.